The maximum Gasteiger partial charge on any atom is 0.322 e. The number of ether oxygens (including phenoxy) is 1. The number of nitrogens with two attached hydrogens (primary N) is 1. The Morgan fingerprint density at radius 2 is 2.00 bits per heavy atom. The predicted octanol–water partition coefficient (Wildman–Crippen LogP) is 2.54. The molecule has 0 aliphatic heterocycles. The molecule has 0 saturated heterocycles. The van der Waals surface area contributed by atoms with Gasteiger partial charge in [0.1, 0.15) is 11.9 Å². The van der Waals surface area contributed by atoms with E-state index < -0.39 is 6.04 Å². The molecule has 1 rings (SSSR count). The van der Waals surface area contributed by atoms with E-state index in [2.05, 4.69) is 4.74 Å². The number of rotatable bonds is 8. The van der Waals surface area contributed by atoms with E-state index >= 15 is 0 Å². The minimum atomic E-state index is -0.526. The van der Waals surface area contributed by atoms with Crippen molar-refractivity contribution < 1.29 is 13.9 Å². The first-order chi connectivity index (χ1) is 9.13. The molecule has 0 aromatic heterocycles. The minimum Gasteiger partial charge on any atom is -0.468 e. The Hall–Kier alpha value is -0.720. The zero-order chi connectivity index (χ0) is 14.1. The first-order valence-electron chi connectivity index (χ1n) is 5.93. The molecule has 19 heavy (non-hydrogen) atoms. The number of hydrogen-bond donors (Lipinski definition) is 1. The van der Waals surface area contributed by atoms with Gasteiger partial charge in [-0.1, -0.05) is 0 Å². The van der Waals surface area contributed by atoms with Crippen LogP contribution in [0, 0.1) is 5.82 Å². The molecular formula is C13H18FNO2S2. The number of esters is 1. The van der Waals surface area contributed by atoms with Gasteiger partial charge in [0, 0.05) is 16.4 Å². The van der Waals surface area contributed by atoms with Gasteiger partial charge < -0.3 is 10.5 Å². The number of carbonyl (C=O) groups excluding carboxylic acids is 1. The Kier molecular flexibility index (Phi) is 7.93. The van der Waals surface area contributed by atoms with Crippen LogP contribution in [-0.2, 0) is 9.53 Å². The lowest BCUT2D eigenvalue weighted by molar-refractivity contribution is -0.142. The van der Waals surface area contributed by atoms with Crippen molar-refractivity contribution >= 4 is 29.5 Å². The standard InChI is InChI=1S/C13H18FNO2S2/c1-17-13(16)12(15)6-7-18-8-9-19-11-4-2-10(14)3-5-11/h2-5,12H,6-9,15H2,1H3. The van der Waals surface area contributed by atoms with E-state index in [-0.39, 0.29) is 11.8 Å². The molecule has 0 bridgehead atoms. The van der Waals surface area contributed by atoms with Gasteiger partial charge in [-0.25, -0.2) is 4.39 Å². The molecule has 0 amide bonds. The van der Waals surface area contributed by atoms with Crippen molar-refractivity contribution in [3.8, 4) is 0 Å². The van der Waals surface area contributed by atoms with E-state index in [0.717, 1.165) is 22.2 Å². The fourth-order valence-corrected chi connectivity index (χ4v) is 3.32. The molecule has 3 nitrogen and oxygen atoms in total. The van der Waals surface area contributed by atoms with E-state index in [0.29, 0.717) is 6.42 Å². The molecule has 0 heterocycles. The van der Waals surface area contributed by atoms with E-state index in [4.69, 9.17) is 5.73 Å². The van der Waals surface area contributed by atoms with Crippen LogP contribution < -0.4 is 5.73 Å². The van der Waals surface area contributed by atoms with Crippen molar-refractivity contribution in [2.45, 2.75) is 17.4 Å². The molecule has 1 aromatic carbocycles. The summed E-state index contributed by atoms with van der Waals surface area (Å²) in [5.74, 6) is 2.18. The fraction of sp³-hybridized carbons (Fsp3) is 0.462. The molecule has 6 heteroatoms. The lowest BCUT2D eigenvalue weighted by Crippen LogP contribution is -2.32. The normalized spacial score (nSPS) is 12.2. The van der Waals surface area contributed by atoms with E-state index in [1.54, 1.807) is 35.7 Å². The van der Waals surface area contributed by atoms with Crippen LogP contribution in [0.4, 0.5) is 4.39 Å². The summed E-state index contributed by atoms with van der Waals surface area (Å²) in [6.45, 7) is 0. The summed E-state index contributed by atoms with van der Waals surface area (Å²) in [5.41, 5.74) is 5.62. The highest BCUT2D eigenvalue weighted by Crippen LogP contribution is 2.19. The Balaban J connectivity index is 2.05. The number of benzene rings is 1. The molecule has 0 aliphatic rings. The molecule has 1 unspecified atom stereocenters. The summed E-state index contributed by atoms with van der Waals surface area (Å²) in [7, 11) is 1.34. The van der Waals surface area contributed by atoms with Gasteiger partial charge in [0.15, 0.2) is 0 Å². The first kappa shape index (κ1) is 16.3. The molecule has 2 N–H and O–H groups in total. The minimum absolute atomic E-state index is 0.212. The van der Waals surface area contributed by atoms with Crippen LogP contribution in [0.3, 0.4) is 0 Å². The molecule has 0 radical (unpaired) electrons. The number of thioether (sulfide) groups is 2. The average Bonchev–Trinajstić information content (AvgIpc) is 2.43. The van der Waals surface area contributed by atoms with Crippen LogP contribution in [0.15, 0.2) is 29.2 Å². The van der Waals surface area contributed by atoms with E-state index in [1.807, 2.05) is 0 Å². The molecular weight excluding hydrogens is 285 g/mol. The maximum atomic E-state index is 12.7. The van der Waals surface area contributed by atoms with Crippen molar-refractivity contribution in [1.82, 2.24) is 0 Å². The highest BCUT2D eigenvalue weighted by Gasteiger charge is 2.12. The van der Waals surface area contributed by atoms with Crippen LogP contribution in [0.2, 0.25) is 0 Å². The summed E-state index contributed by atoms with van der Waals surface area (Å²) in [4.78, 5) is 12.1. The van der Waals surface area contributed by atoms with E-state index in [1.165, 1.54) is 19.2 Å². The quantitative estimate of drug-likeness (QED) is 0.454. The van der Waals surface area contributed by atoms with Gasteiger partial charge in [-0.05, 0) is 36.4 Å². The van der Waals surface area contributed by atoms with Gasteiger partial charge in [-0.3, -0.25) is 4.79 Å². The summed E-state index contributed by atoms with van der Waals surface area (Å²) in [6.07, 6.45) is 0.624. The van der Waals surface area contributed by atoms with Crippen molar-refractivity contribution in [2.24, 2.45) is 5.73 Å². The largest absolute Gasteiger partial charge is 0.468 e. The molecule has 1 aromatic rings. The second-order valence-electron chi connectivity index (χ2n) is 3.83. The Labute approximate surface area is 121 Å². The van der Waals surface area contributed by atoms with E-state index in [9.17, 15) is 9.18 Å². The monoisotopic (exact) mass is 303 g/mol. The number of hydrogen-bond acceptors (Lipinski definition) is 5. The SMILES string of the molecule is COC(=O)C(N)CCSCCSc1ccc(F)cc1. The molecule has 106 valence electrons. The topological polar surface area (TPSA) is 52.3 Å². The molecule has 0 saturated carbocycles. The van der Waals surface area contributed by atoms with Gasteiger partial charge in [0.25, 0.3) is 0 Å². The highest BCUT2D eigenvalue weighted by molar-refractivity contribution is 8.02. The Bertz CT molecular complexity index is 387. The molecule has 1 atom stereocenters. The van der Waals surface area contributed by atoms with Gasteiger partial charge >= 0.3 is 5.97 Å². The summed E-state index contributed by atoms with van der Waals surface area (Å²) >= 11 is 3.44. The molecule has 0 spiro atoms. The fourth-order valence-electron chi connectivity index (χ4n) is 1.33. The van der Waals surface area contributed by atoms with Crippen molar-refractivity contribution in [2.75, 3.05) is 24.4 Å². The third-order valence-electron chi connectivity index (χ3n) is 2.39. The predicted molar refractivity (Wildman–Crippen MR) is 79.1 cm³/mol. The van der Waals surface area contributed by atoms with Crippen molar-refractivity contribution in [1.29, 1.82) is 0 Å². The van der Waals surface area contributed by atoms with Crippen molar-refractivity contribution in [3.05, 3.63) is 30.1 Å². The number of halogens is 1. The Morgan fingerprint density at radius 3 is 2.63 bits per heavy atom. The third-order valence-corrected chi connectivity index (χ3v) is 4.68. The van der Waals surface area contributed by atoms with Gasteiger partial charge in [-0.2, -0.15) is 11.8 Å². The Morgan fingerprint density at radius 1 is 1.32 bits per heavy atom. The highest BCUT2D eigenvalue weighted by atomic mass is 32.2. The smallest absolute Gasteiger partial charge is 0.322 e. The molecule has 0 aliphatic carbocycles. The van der Waals surface area contributed by atoms with Crippen LogP contribution in [0.25, 0.3) is 0 Å². The summed E-state index contributed by atoms with van der Waals surface area (Å²) in [5, 5.41) is 0. The lowest BCUT2D eigenvalue weighted by atomic mass is 10.2. The number of methoxy groups -OCH3 is 1. The van der Waals surface area contributed by atoms with Gasteiger partial charge in [0.2, 0.25) is 0 Å². The third kappa shape index (κ3) is 6.84. The average molecular weight is 303 g/mol. The maximum absolute atomic E-state index is 12.7. The molecule has 0 fully saturated rings. The lowest BCUT2D eigenvalue weighted by Gasteiger charge is -2.08. The zero-order valence-electron chi connectivity index (χ0n) is 10.8. The van der Waals surface area contributed by atoms with Gasteiger partial charge in [-0.15, -0.1) is 11.8 Å². The second-order valence-corrected chi connectivity index (χ2v) is 6.23. The van der Waals surface area contributed by atoms with Crippen LogP contribution in [0.5, 0.6) is 0 Å². The van der Waals surface area contributed by atoms with Crippen LogP contribution in [0.1, 0.15) is 6.42 Å². The zero-order valence-corrected chi connectivity index (χ0v) is 12.4. The summed E-state index contributed by atoms with van der Waals surface area (Å²) in [6, 6.07) is 5.95. The summed E-state index contributed by atoms with van der Waals surface area (Å²) < 4.78 is 17.2. The first-order valence-corrected chi connectivity index (χ1v) is 8.07. The number of carbonyl (C=O) groups is 1. The second kappa shape index (κ2) is 9.23. The van der Waals surface area contributed by atoms with Crippen LogP contribution >= 0.6 is 23.5 Å². The van der Waals surface area contributed by atoms with Crippen molar-refractivity contribution in [3.63, 3.8) is 0 Å². The van der Waals surface area contributed by atoms with Gasteiger partial charge in [0.05, 0.1) is 7.11 Å². The van der Waals surface area contributed by atoms with Crippen LogP contribution in [-0.4, -0.2) is 36.4 Å².